The van der Waals surface area contributed by atoms with Gasteiger partial charge in [0.1, 0.15) is 17.6 Å². The summed E-state index contributed by atoms with van der Waals surface area (Å²) in [4.78, 5) is 28.7. The number of epoxide rings is 1. The lowest BCUT2D eigenvalue weighted by atomic mass is 9.53. The molecule has 4 heterocycles. The molecule has 1 amide bonds. The molecule has 1 aromatic heterocycles. The van der Waals surface area contributed by atoms with Gasteiger partial charge in [0.25, 0.3) is 5.91 Å². The van der Waals surface area contributed by atoms with Crippen LogP contribution in [0.5, 0.6) is 0 Å². The van der Waals surface area contributed by atoms with E-state index >= 15 is 0 Å². The molecule has 0 bridgehead atoms. The van der Waals surface area contributed by atoms with E-state index in [2.05, 4.69) is 13.8 Å². The van der Waals surface area contributed by atoms with Crippen LogP contribution >= 0.6 is 0 Å². The van der Waals surface area contributed by atoms with E-state index in [4.69, 9.17) is 13.9 Å². The molecular weight excluding hydrogens is 396 g/mol. The lowest BCUT2D eigenvalue weighted by molar-refractivity contribution is -0.906. The summed E-state index contributed by atoms with van der Waals surface area (Å²) >= 11 is 0. The number of esters is 1. The van der Waals surface area contributed by atoms with Crippen molar-refractivity contribution >= 4 is 11.9 Å². The molecule has 168 valence electrons. The molecule has 0 aromatic carbocycles. The zero-order valence-corrected chi connectivity index (χ0v) is 18.5. The van der Waals surface area contributed by atoms with E-state index < -0.39 is 0 Å². The zero-order chi connectivity index (χ0) is 21.4. The summed E-state index contributed by atoms with van der Waals surface area (Å²) < 4.78 is 17.7. The number of rotatable bonds is 3. The maximum atomic E-state index is 12.9. The maximum absolute atomic E-state index is 12.9. The van der Waals surface area contributed by atoms with Gasteiger partial charge in [0.2, 0.25) is 0 Å². The van der Waals surface area contributed by atoms with Gasteiger partial charge in [-0.3, -0.25) is 9.59 Å². The number of nitrogens with one attached hydrogen (secondary N) is 1. The van der Waals surface area contributed by atoms with Gasteiger partial charge in [-0.2, -0.15) is 0 Å². The predicted molar refractivity (Wildman–Crippen MR) is 110 cm³/mol. The Kier molecular flexibility index (Phi) is 4.20. The van der Waals surface area contributed by atoms with Crippen LogP contribution in [0.4, 0.5) is 0 Å². The number of furan rings is 1. The topological polar surface area (TPSA) is 76.7 Å². The SMILES string of the molecule is C[C@]12CCC[C@@]3(C)O[C@@]13C[C@H]1[C@@H](C2)OC(=O)[C@@H]1C[NH+]1CCN(C(=O)c2ccco2)CC1. The third kappa shape index (κ3) is 2.78. The number of carbonyl (C=O) groups excluding carboxylic acids is 2. The fourth-order valence-electron chi connectivity index (χ4n) is 7.49. The standard InChI is InChI=1S/C24H32N2O5/c1-22-6-4-7-23(2)24(22,31-23)13-16-17(21(28)30-19(16)14-22)15-25-8-10-26(11-9-25)20(27)18-5-3-12-29-18/h3,5,12,16-17,19H,4,6-11,13-15H2,1-2H3/p+1/t16-,17-,19-,22-,23-,24+/m1/s1. The van der Waals surface area contributed by atoms with Gasteiger partial charge in [0, 0.05) is 11.3 Å². The van der Waals surface area contributed by atoms with E-state index in [1.54, 1.807) is 12.1 Å². The molecule has 5 aliphatic rings. The molecular formula is C24H33N2O5+. The molecule has 5 fully saturated rings. The Hall–Kier alpha value is -1.86. The number of carbonyl (C=O) groups is 2. The lowest BCUT2D eigenvalue weighted by Gasteiger charge is -2.48. The summed E-state index contributed by atoms with van der Waals surface area (Å²) in [6.07, 6.45) is 6.98. The first kappa shape index (κ1) is 19.8. The minimum atomic E-state index is -0.0604. The number of hydrogen-bond acceptors (Lipinski definition) is 5. The Morgan fingerprint density at radius 2 is 2.03 bits per heavy atom. The van der Waals surface area contributed by atoms with Gasteiger partial charge in [-0.15, -0.1) is 0 Å². The summed E-state index contributed by atoms with van der Waals surface area (Å²) in [5, 5.41) is 0. The second-order valence-electron chi connectivity index (χ2n) is 11.0. The van der Waals surface area contributed by atoms with Crippen LogP contribution in [0.1, 0.15) is 56.5 Å². The van der Waals surface area contributed by atoms with Crippen LogP contribution in [0.2, 0.25) is 0 Å². The van der Waals surface area contributed by atoms with Gasteiger partial charge in [-0.05, 0) is 51.2 Å². The van der Waals surface area contributed by atoms with Gasteiger partial charge in [0.05, 0.1) is 44.6 Å². The fraction of sp³-hybridized carbons (Fsp3) is 0.750. The molecule has 1 N–H and O–H groups in total. The highest BCUT2D eigenvalue weighted by Gasteiger charge is 2.79. The van der Waals surface area contributed by atoms with Crippen molar-refractivity contribution in [2.75, 3.05) is 32.7 Å². The maximum Gasteiger partial charge on any atom is 0.315 e. The number of quaternary nitrogens is 1. The number of amides is 1. The van der Waals surface area contributed by atoms with Crippen molar-refractivity contribution < 1.29 is 28.4 Å². The largest absolute Gasteiger partial charge is 0.462 e. The second kappa shape index (κ2) is 6.58. The minimum Gasteiger partial charge on any atom is -0.462 e. The van der Waals surface area contributed by atoms with Crippen molar-refractivity contribution in [3.63, 3.8) is 0 Å². The summed E-state index contributed by atoms with van der Waals surface area (Å²) in [6, 6.07) is 3.46. The van der Waals surface area contributed by atoms with Crippen LogP contribution in [-0.4, -0.2) is 66.8 Å². The summed E-state index contributed by atoms with van der Waals surface area (Å²) in [7, 11) is 0. The summed E-state index contributed by atoms with van der Waals surface area (Å²) in [6.45, 7) is 8.51. The molecule has 6 atom stereocenters. The molecule has 3 aliphatic heterocycles. The average molecular weight is 430 g/mol. The molecule has 0 unspecified atom stereocenters. The van der Waals surface area contributed by atoms with Crippen molar-refractivity contribution in [2.45, 2.75) is 63.3 Å². The lowest BCUT2D eigenvalue weighted by Crippen LogP contribution is -3.15. The molecule has 7 heteroatoms. The number of hydrogen-bond donors (Lipinski definition) is 1. The monoisotopic (exact) mass is 429 g/mol. The van der Waals surface area contributed by atoms with Gasteiger partial charge in [-0.25, -0.2) is 0 Å². The summed E-state index contributed by atoms with van der Waals surface area (Å²) in [5.41, 5.74) is 0.0576. The Morgan fingerprint density at radius 3 is 2.77 bits per heavy atom. The van der Waals surface area contributed by atoms with Crippen LogP contribution in [0.25, 0.3) is 0 Å². The van der Waals surface area contributed by atoms with Crippen LogP contribution < -0.4 is 4.90 Å². The number of nitrogens with zero attached hydrogens (tertiary/aromatic N) is 1. The normalized spacial score (nSPS) is 44.3. The van der Waals surface area contributed by atoms with Crippen molar-refractivity contribution in [2.24, 2.45) is 17.3 Å². The van der Waals surface area contributed by atoms with E-state index in [1.165, 1.54) is 24.0 Å². The highest BCUT2D eigenvalue weighted by atomic mass is 16.6. The van der Waals surface area contributed by atoms with E-state index in [-0.39, 0.29) is 46.4 Å². The molecule has 2 aliphatic carbocycles. The molecule has 1 spiro atoms. The molecule has 2 saturated carbocycles. The molecule has 1 aromatic rings. The van der Waals surface area contributed by atoms with Crippen LogP contribution in [0.3, 0.4) is 0 Å². The van der Waals surface area contributed by atoms with Crippen molar-refractivity contribution in [3.05, 3.63) is 24.2 Å². The Labute approximate surface area is 183 Å². The van der Waals surface area contributed by atoms with Gasteiger partial charge in [0.15, 0.2) is 5.76 Å². The van der Waals surface area contributed by atoms with Crippen LogP contribution in [0, 0.1) is 17.3 Å². The molecule has 31 heavy (non-hydrogen) atoms. The van der Waals surface area contributed by atoms with E-state index in [1.807, 2.05) is 4.90 Å². The van der Waals surface area contributed by atoms with Crippen molar-refractivity contribution in [1.29, 1.82) is 0 Å². The van der Waals surface area contributed by atoms with E-state index in [0.29, 0.717) is 18.8 Å². The Bertz CT molecular complexity index is 894. The Morgan fingerprint density at radius 1 is 1.23 bits per heavy atom. The third-order valence-electron chi connectivity index (χ3n) is 9.31. The molecule has 6 rings (SSSR count). The Balaban J connectivity index is 1.12. The quantitative estimate of drug-likeness (QED) is 0.579. The first-order valence-electron chi connectivity index (χ1n) is 11.9. The van der Waals surface area contributed by atoms with Gasteiger partial charge in [-0.1, -0.05) is 6.92 Å². The second-order valence-corrected chi connectivity index (χ2v) is 11.0. The third-order valence-corrected chi connectivity index (χ3v) is 9.31. The molecule has 3 saturated heterocycles. The van der Waals surface area contributed by atoms with Gasteiger partial charge < -0.3 is 23.7 Å². The minimum absolute atomic E-state index is 0.00808. The van der Waals surface area contributed by atoms with Gasteiger partial charge >= 0.3 is 5.97 Å². The molecule has 7 nitrogen and oxygen atoms in total. The number of piperazine rings is 1. The zero-order valence-electron chi connectivity index (χ0n) is 18.5. The molecule has 0 radical (unpaired) electrons. The van der Waals surface area contributed by atoms with Crippen molar-refractivity contribution in [3.8, 4) is 0 Å². The fourth-order valence-corrected chi connectivity index (χ4v) is 7.49. The highest BCUT2D eigenvalue weighted by molar-refractivity contribution is 5.91. The van der Waals surface area contributed by atoms with Crippen LogP contribution in [0.15, 0.2) is 22.8 Å². The smallest absolute Gasteiger partial charge is 0.315 e. The number of ether oxygens (including phenoxy) is 2. The first-order chi connectivity index (χ1) is 14.8. The van der Waals surface area contributed by atoms with Crippen molar-refractivity contribution in [1.82, 2.24) is 4.90 Å². The summed E-state index contributed by atoms with van der Waals surface area (Å²) in [5.74, 6) is 0.544. The predicted octanol–water partition coefficient (Wildman–Crippen LogP) is 1.29. The van der Waals surface area contributed by atoms with E-state index in [9.17, 15) is 9.59 Å². The number of fused-ring (bicyclic) bond motifs is 1. The van der Waals surface area contributed by atoms with E-state index in [0.717, 1.165) is 38.9 Å². The average Bonchev–Trinajstić information content (AvgIpc) is 3.06. The highest BCUT2D eigenvalue weighted by Crippen LogP contribution is 2.72. The first-order valence-corrected chi connectivity index (χ1v) is 11.9. The van der Waals surface area contributed by atoms with Crippen LogP contribution in [-0.2, 0) is 14.3 Å².